The monoisotopic (exact) mass is 315 g/mol. The zero-order valence-corrected chi connectivity index (χ0v) is 12.7. The molecule has 1 fully saturated rings. The van der Waals surface area contributed by atoms with E-state index in [0.29, 0.717) is 18.8 Å². The van der Waals surface area contributed by atoms with E-state index in [9.17, 15) is 14.5 Å². The third kappa shape index (κ3) is 3.65. The largest absolute Gasteiger partial charge is 0.363 e. The van der Waals surface area contributed by atoms with Crippen molar-refractivity contribution >= 4 is 11.4 Å². The number of hydrogen-bond donors (Lipinski definition) is 0. The van der Waals surface area contributed by atoms with Crippen molar-refractivity contribution in [3.63, 3.8) is 0 Å². The minimum Gasteiger partial charge on any atom is -0.363 e. The van der Waals surface area contributed by atoms with Crippen LogP contribution >= 0.6 is 0 Å². The van der Waals surface area contributed by atoms with Gasteiger partial charge in [-0.25, -0.2) is 4.39 Å². The first-order chi connectivity index (χ1) is 11.1. The second-order valence-corrected chi connectivity index (χ2v) is 5.64. The summed E-state index contributed by atoms with van der Waals surface area (Å²) in [4.78, 5) is 14.9. The third-order valence-electron chi connectivity index (χ3n) is 4.10. The fraction of sp³-hybridized carbons (Fsp3) is 0.294. The normalized spacial score (nSPS) is 15.6. The average molecular weight is 315 g/mol. The molecule has 1 aliphatic heterocycles. The van der Waals surface area contributed by atoms with E-state index in [1.54, 1.807) is 0 Å². The van der Waals surface area contributed by atoms with Crippen LogP contribution in [0.2, 0.25) is 0 Å². The standard InChI is InChI=1S/C17H18FN3O2/c18-15-6-7-16(17(12-15)21(22)23)20-10-8-19(9-11-20)13-14-4-2-1-3-5-14/h1-7,12H,8-11,13H2. The van der Waals surface area contributed by atoms with Gasteiger partial charge in [0, 0.05) is 32.7 Å². The Bertz CT molecular complexity index is 685. The summed E-state index contributed by atoms with van der Waals surface area (Å²) in [5.41, 5.74) is 1.59. The smallest absolute Gasteiger partial charge is 0.295 e. The van der Waals surface area contributed by atoms with Gasteiger partial charge in [0.25, 0.3) is 5.69 Å². The fourth-order valence-corrected chi connectivity index (χ4v) is 2.90. The van der Waals surface area contributed by atoms with Gasteiger partial charge in [-0.15, -0.1) is 0 Å². The quantitative estimate of drug-likeness (QED) is 0.643. The maximum Gasteiger partial charge on any atom is 0.295 e. The van der Waals surface area contributed by atoms with Gasteiger partial charge in [-0.05, 0) is 17.7 Å². The van der Waals surface area contributed by atoms with Gasteiger partial charge in [0.15, 0.2) is 0 Å². The molecule has 1 aliphatic rings. The Labute approximate surface area is 134 Å². The van der Waals surface area contributed by atoms with Crippen molar-refractivity contribution in [3.05, 3.63) is 70.0 Å². The van der Waals surface area contributed by atoms with Crippen molar-refractivity contribution in [1.82, 2.24) is 4.90 Å². The Balaban J connectivity index is 1.66. The van der Waals surface area contributed by atoms with Gasteiger partial charge < -0.3 is 4.90 Å². The number of anilines is 1. The predicted octanol–water partition coefficient (Wildman–Crippen LogP) is 3.06. The zero-order chi connectivity index (χ0) is 16.2. The molecule has 0 aliphatic carbocycles. The lowest BCUT2D eigenvalue weighted by Gasteiger charge is -2.35. The lowest BCUT2D eigenvalue weighted by Crippen LogP contribution is -2.46. The molecular formula is C17H18FN3O2. The summed E-state index contributed by atoms with van der Waals surface area (Å²) < 4.78 is 13.2. The second kappa shape index (κ2) is 6.75. The summed E-state index contributed by atoms with van der Waals surface area (Å²) in [6, 6.07) is 14.0. The lowest BCUT2D eigenvalue weighted by molar-refractivity contribution is -0.384. The number of rotatable bonds is 4. The highest BCUT2D eigenvalue weighted by atomic mass is 19.1. The zero-order valence-electron chi connectivity index (χ0n) is 12.7. The van der Waals surface area contributed by atoms with Crippen LogP contribution in [0, 0.1) is 15.9 Å². The number of benzene rings is 2. The van der Waals surface area contributed by atoms with Gasteiger partial charge in [-0.3, -0.25) is 15.0 Å². The number of hydrogen-bond acceptors (Lipinski definition) is 4. The van der Waals surface area contributed by atoms with Crippen molar-refractivity contribution in [2.24, 2.45) is 0 Å². The van der Waals surface area contributed by atoms with E-state index < -0.39 is 10.7 Å². The second-order valence-electron chi connectivity index (χ2n) is 5.64. The summed E-state index contributed by atoms with van der Waals surface area (Å²) in [5.74, 6) is -0.580. The molecule has 0 atom stereocenters. The van der Waals surface area contributed by atoms with Crippen molar-refractivity contribution in [2.45, 2.75) is 6.54 Å². The third-order valence-corrected chi connectivity index (χ3v) is 4.10. The van der Waals surface area contributed by atoms with E-state index >= 15 is 0 Å². The predicted molar refractivity (Wildman–Crippen MR) is 87.0 cm³/mol. The number of nitro groups is 1. The van der Waals surface area contributed by atoms with Gasteiger partial charge in [-0.1, -0.05) is 30.3 Å². The summed E-state index contributed by atoms with van der Waals surface area (Å²) in [6.07, 6.45) is 0. The molecule has 5 nitrogen and oxygen atoms in total. The van der Waals surface area contributed by atoms with Crippen molar-refractivity contribution in [1.29, 1.82) is 0 Å². The molecule has 120 valence electrons. The molecular weight excluding hydrogens is 297 g/mol. The summed E-state index contributed by atoms with van der Waals surface area (Å²) in [5, 5.41) is 11.1. The molecule has 0 unspecified atom stereocenters. The molecule has 3 rings (SSSR count). The van der Waals surface area contributed by atoms with Gasteiger partial charge in [0.2, 0.25) is 0 Å². The molecule has 1 heterocycles. The maximum atomic E-state index is 13.2. The van der Waals surface area contributed by atoms with Crippen LogP contribution in [-0.2, 0) is 6.54 Å². The van der Waals surface area contributed by atoms with Crippen LogP contribution in [0.4, 0.5) is 15.8 Å². The van der Waals surface area contributed by atoms with E-state index in [1.165, 1.54) is 17.7 Å². The van der Waals surface area contributed by atoms with Gasteiger partial charge in [0.1, 0.15) is 11.5 Å². The van der Waals surface area contributed by atoms with Crippen molar-refractivity contribution in [2.75, 3.05) is 31.1 Å². The molecule has 0 bridgehead atoms. The summed E-state index contributed by atoms with van der Waals surface area (Å²) >= 11 is 0. The first-order valence-electron chi connectivity index (χ1n) is 7.58. The van der Waals surface area contributed by atoms with Crippen LogP contribution in [0.3, 0.4) is 0 Å². The molecule has 23 heavy (non-hydrogen) atoms. The highest BCUT2D eigenvalue weighted by Gasteiger charge is 2.24. The number of nitro benzene ring substituents is 1. The Morgan fingerprint density at radius 3 is 2.39 bits per heavy atom. The Morgan fingerprint density at radius 1 is 1.04 bits per heavy atom. The SMILES string of the molecule is O=[N+]([O-])c1cc(F)ccc1N1CCN(Cc2ccccc2)CC1. The van der Waals surface area contributed by atoms with Crippen LogP contribution in [0.5, 0.6) is 0 Å². The number of piperazine rings is 1. The Morgan fingerprint density at radius 2 is 1.74 bits per heavy atom. The molecule has 0 spiro atoms. The molecule has 0 N–H and O–H groups in total. The van der Waals surface area contributed by atoms with Gasteiger partial charge in [0.05, 0.1) is 11.0 Å². The summed E-state index contributed by atoms with van der Waals surface area (Å²) in [6.45, 7) is 3.91. The minimum absolute atomic E-state index is 0.165. The molecule has 2 aromatic carbocycles. The molecule has 0 saturated carbocycles. The molecule has 0 aromatic heterocycles. The summed E-state index contributed by atoms with van der Waals surface area (Å²) in [7, 11) is 0. The molecule has 1 saturated heterocycles. The van der Waals surface area contributed by atoms with E-state index in [2.05, 4.69) is 17.0 Å². The average Bonchev–Trinajstić information content (AvgIpc) is 2.56. The Kier molecular flexibility index (Phi) is 4.52. The maximum absolute atomic E-state index is 13.2. The van der Waals surface area contributed by atoms with Gasteiger partial charge in [-0.2, -0.15) is 0 Å². The van der Waals surface area contributed by atoms with E-state index in [-0.39, 0.29) is 5.69 Å². The fourth-order valence-electron chi connectivity index (χ4n) is 2.90. The van der Waals surface area contributed by atoms with Crippen LogP contribution in [0.1, 0.15) is 5.56 Å². The topological polar surface area (TPSA) is 49.6 Å². The number of halogens is 1. The first-order valence-corrected chi connectivity index (χ1v) is 7.58. The molecule has 0 amide bonds. The first kappa shape index (κ1) is 15.4. The highest BCUT2D eigenvalue weighted by Crippen LogP contribution is 2.29. The number of nitrogens with zero attached hydrogens (tertiary/aromatic N) is 3. The Hall–Kier alpha value is -2.47. The molecule has 2 aromatic rings. The molecule has 6 heteroatoms. The molecule has 0 radical (unpaired) electrons. The van der Waals surface area contributed by atoms with Crippen LogP contribution in [0.15, 0.2) is 48.5 Å². The van der Waals surface area contributed by atoms with E-state index in [0.717, 1.165) is 25.7 Å². The lowest BCUT2D eigenvalue weighted by atomic mass is 10.1. The van der Waals surface area contributed by atoms with Crippen molar-refractivity contribution in [3.8, 4) is 0 Å². The van der Waals surface area contributed by atoms with Crippen LogP contribution < -0.4 is 4.90 Å². The highest BCUT2D eigenvalue weighted by molar-refractivity contribution is 5.63. The van der Waals surface area contributed by atoms with Crippen molar-refractivity contribution < 1.29 is 9.31 Å². The van der Waals surface area contributed by atoms with Crippen LogP contribution in [0.25, 0.3) is 0 Å². The van der Waals surface area contributed by atoms with E-state index in [1.807, 2.05) is 23.1 Å². The van der Waals surface area contributed by atoms with E-state index in [4.69, 9.17) is 0 Å². The minimum atomic E-state index is -0.580. The van der Waals surface area contributed by atoms with Crippen LogP contribution in [-0.4, -0.2) is 36.0 Å². The van der Waals surface area contributed by atoms with Gasteiger partial charge >= 0.3 is 0 Å².